The lowest BCUT2D eigenvalue weighted by Crippen LogP contribution is -2.45. The molecule has 21 heavy (non-hydrogen) atoms. The smallest absolute Gasteiger partial charge is 0.257 e. The number of sulfonamides is 1. The maximum Gasteiger partial charge on any atom is 0.257 e. The third kappa shape index (κ3) is 4.05. The Bertz CT molecular complexity index is 547. The third-order valence-electron chi connectivity index (χ3n) is 4.09. The van der Waals surface area contributed by atoms with Gasteiger partial charge in [0.25, 0.3) is 10.0 Å². The van der Waals surface area contributed by atoms with Crippen molar-refractivity contribution in [3.8, 4) is 0 Å². The van der Waals surface area contributed by atoms with Gasteiger partial charge in [0.15, 0.2) is 5.03 Å². The summed E-state index contributed by atoms with van der Waals surface area (Å²) in [4.78, 5) is 9.29. The molecule has 1 aromatic rings. The standard InChI is InChI=1S/C14H26N4O2S/c1-4-13-15-10-14(17-13)21(19,20)16-9-12(11(2)3)18-7-5-6-8-18/h10-12,16H,4-9H2,1-3H3,(H,15,17). The van der Waals surface area contributed by atoms with Gasteiger partial charge in [0, 0.05) is 19.0 Å². The van der Waals surface area contributed by atoms with Crippen molar-refractivity contribution < 1.29 is 8.42 Å². The van der Waals surface area contributed by atoms with E-state index in [4.69, 9.17) is 0 Å². The Labute approximate surface area is 127 Å². The normalized spacial score (nSPS) is 18.5. The van der Waals surface area contributed by atoms with Gasteiger partial charge in [0.05, 0.1) is 6.20 Å². The fourth-order valence-electron chi connectivity index (χ4n) is 2.79. The maximum atomic E-state index is 12.3. The van der Waals surface area contributed by atoms with Gasteiger partial charge in [0.2, 0.25) is 0 Å². The van der Waals surface area contributed by atoms with E-state index in [1.165, 1.54) is 19.0 Å². The second-order valence-electron chi connectivity index (χ2n) is 5.95. The molecule has 2 heterocycles. The summed E-state index contributed by atoms with van der Waals surface area (Å²) >= 11 is 0. The summed E-state index contributed by atoms with van der Waals surface area (Å²) < 4.78 is 27.3. The minimum atomic E-state index is -3.50. The number of hydrogen-bond acceptors (Lipinski definition) is 4. The first kappa shape index (κ1) is 16.5. The van der Waals surface area contributed by atoms with Gasteiger partial charge < -0.3 is 4.98 Å². The van der Waals surface area contributed by atoms with Crippen LogP contribution in [0.2, 0.25) is 0 Å². The van der Waals surface area contributed by atoms with Gasteiger partial charge in [-0.05, 0) is 31.8 Å². The highest BCUT2D eigenvalue weighted by Crippen LogP contribution is 2.17. The van der Waals surface area contributed by atoms with Gasteiger partial charge in [0.1, 0.15) is 5.82 Å². The Morgan fingerprint density at radius 2 is 2.05 bits per heavy atom. The molecule has 0 aliphatic carbocycles. The summed E-state index contributed by atoms with van der Waals surface area (Å²) in [6.45, 7) is 8.79. The van der Waals surface area contributed by atoms with Crippen LogP contribution in [-0.2, 0) is 16.4 Å². The average molecular weight is 314 g/mol. The summed E-state index contributed by atoms with van der Waals surface area (Å²) in [5, 5.41) is 0.156. The van der Waals surface area contributed by atoms with Crippen LogP contribution >= 0.6 is 0 Å². The fraction of sp³-hybridized carbons (Fsp3) is 0.786. The maximum absolute atomic E-state index is 12.3. The van der Waals surface area contributed by atoms with Crippen molar-refractivity contribution in [1.29, 1.82) is 0 Å². The van der Waals surface area contributed by atoms with Crippen LogP contribution in [0.4, 0.5) is 0 Å². The lowest BCUT2D eigenvalue weighted by molar-refractivity contribution is 0.193. The molecule has 0 saturated carbocycles. The van der Waals surface area contributed by atoms with Crippen molar-refractivity contribution in [3.05, 3.63) is 12.0 Å². The van der Waals surface area contributed by atoms with E-state index in [-0.39, 0.29) is 11.1 Å². The molecule has 6 nitrogen and oxygen atoms in total. The SMILES string of the molecule is CCc1ncc(S(=O)(=O)NCC(C(C)C)N2CCCC2)[nH]1. The van der Waals surface area contributed by atoms with Gasteiger partial charge >= 0.3 is 0 Å². The summed E-state index contributed by atoms with van der Waals surface area (Å²) in [5.41, 5.74) is 0. The third-order valence-corrected chi connectivity index (χ3v) is 5.42. The zero-order valence-corrected chi connectivity index (χ0v) is 13.9. The minimum Gasteiger partial charge on any atom is -0.332 e. The zero-order valence-electron chi connectivity index (χ0n) is 13.1. The number of nitrogens with one attached hydrogen (secondary N) is 2. The molecule has 0 bridgehead atoms. The molecule has 0 spiro atoms. The van der Waals surface area contributed by atoms with E-state index in [0.717, 1.165) is 13.1 Å². The van der Waals surface area contributed by atoms with Gasteiger partial charge in [-0.1, -0.05) is 20.8 Å². The second-order valence-corrected chi connectivity index (χ2v) is 7.69. The molecule has 1 aliphatic heterocycles. The Hall–Kier alpha value is -0.920. The van der Waals surface area contributed by atoms with E-state index in [0.29, 0.717) is 24.7 Å². The largest absolute Gasteiger partial charge is 0.332 e. The molecule has 0 radical (unpaired) electrons. The van der Waals surface area contributed by atoms with E-state index < -0.39 is 10.0 Å². The van der Waals surface area contributed by atoms with Gasteiger partial charge in [-0.25, -0.2) is 18.1 Å². The number of aromatic nitrogens is 2. The first-order valence-corrected chi connectivity index (χ1v) is 9.20. The predicted molar refractivity (Wildman–Crippen MR) is 82.6 cm³/mol. The van der Waals surface area contributed by atoms with E-state index >= 15 is 0 Å². The van der Waals surface area contributed by atoms with Crippen molar-refractivity contribution in [2.75, 3.05) is 19.6 Å². The van der Waals surface area contributed by atoms with Crippen LogP contribution in [0.15, 0.2) is 11.2 Å². The first-order valence-electron chi connectivity index (χ1n) is 7.71. The molecule has 2 rings (SSSR count). The van der Waals surface area contributed by atoms with Gasteiger partial charge in [-0.2, -0.15) is 0 Å². The number of nitrogens with zero attached hydrogens (tertiary/aromatic N) is 2. The molecule has 1 fully saturated rings. The molecule has 1 saturated heterocycles. The van der Waals surface area contributed by atoms with E-state index in [1.807, 2.05) is 6.92 Å². The number of rotatable bonds is 7. The second kappa shape index (κ2) is 6.89. The molecular formula is C14H26N4O2S. The van der Waals surface area contributed by atoms with Gasteiger partial charge in [-0.15, -0.1) is 0 Å². The van der Waals surface area contributed by atoms with Crippen LogP contribution in [0.1, 0.15) is 39.4 Å². The minimum absolute atomic E-state index is 0.156. The highest BCUT2D eigenvalue weighted by Gasteiger charge is 2.27. The van der Waals surface area contributed by atoms with E-state index in [1.54, 1.807) is 0 Å². The van der Waals surface area contributed by atoms with Crippen LogP contribution in [0.5, 0.6) is 0 Å². The monoisotopic (exact) mass is 314 g/mol. The lowest BCUT2D eigenvalue weighted by atomic mass is 10.0. The zero-order chi connectivity index (χ0) is 15.5. The Morgan fingerprint density at radius 3 is 2.57 bits per heavy atom. The van der Waals surface area contributed by atoms with Crippen LogP contribution < -0.4 is 4.72 Å². The first-order chi connectivity index (χ1) is 9.94. The van der Waals surface area contributed by atoms with Crippen molar-refractivity contribution in [2.24, 2.45) is 5.92 Å². The van der Waals surface area contributed by atoms with Crippen molar-refractivity contribution >= 4 is 10.0 Å². The highest BCUT2D eigenvalue weighted by atomic mass is 32.2. The Kier molecular flexibility index (Phi) is 5.40. The molecule has 1 atom stereocenters. The number of H-pyrrole nitrogens is 1. The molecular weight excluding hydrogens is 288 g/mol. The van der Waals surface area contributed by atoms with Crippen molar-refractivity contribution in [3.63, 3.8) is 0 Å². The molecule has 0 amide bonds. The molecule has 120 valence electrons. The molecule has 0 aromatic carbocycles. The Morgan fingerprint density at radius 1 is 1.38 bits per heavy atom. The number of aryl methyl sites for hydroxylation is 1. The summed E-state index contributed by atoms with van der Waals surface area (Å²) in [5.74, 6) is 1.11. The molecule has 1 unspecified atom stereocenters. The van der Waals surface area contributed by atoms with Crippen LogP contribution in [-0.4, -0.2) is 49.0 Å². The Balaban J connectivity index is 2.01. The van der Waals surface area contributed by atoms with Gasteiger partial charge in [-0.3, -0.25) is 4.90 Å². The molecule has 1 aliphatic rings. The topological polar surface area (TPSA) is 78.1 Å². The van der Waals surface area contributed by atoms with Crippen molar-refractivity contribution in [1.82, 2.24) is 19.6 Å². The number of hydrogen-bond donors (Lipinski definition) is 2. The lowest BCUT2D eigenvalue weighted by Gasteiger charge is -2.30. The van der Waals surface area contributed by atoms with Crippen LogP contribution in [0.3, 0.4) is 0 Å². The number of aromatic amines is 1. The molecule has 1 aromatic heterocycles. The van der Waals surface area contributed by atoms with E-state index in [2.05, 4.69) is 33.4 Å². The number of likely N-dealkylation sites (tertiary alicyclic amines) is 1. The van der Waals surface area contributed by atoms with Crippen LogP contribution in [0.25, 0.3) is 0 Å². The summed E-state index contributed by atoms with van der Waals surface area (Å²) in [6.07, 6.45) is 4.49. The predicted octanol–water partition coefficient (Wildman–Crippen LogP) is 1.37. The summed E-state index contributed by atoms with van der Waals surface area (Å²) in [7, 11) is -3.50. The van der Waals surface area contributed by atoms with E-state index in [9.17, 15) is 8.42 Å². The number of imidazole rings is 1. The fourth-order valence-corrected chi connectivity index (χ4v) is 3.78. The van der Waals surface area contributed by atoms with Crippen molar-refractivity contribution in [2.45, 2.75) is 51.1 Å². The average Bonchev–Trinajstić information content (AvgIpc) is 3.09. The molecule has 7 heteroatoms. The highest BCUT2D eigenvalue weighted by molar-refractivity contribution is 7.89. The molecule has 2 N–H and O–H groups in total. The van der Waals surface area contributed by atoms with Crippen LogP contribution in [0, 0.1) is 5.92 Å². The summed E-state index contributed by atoms with van der Waals surface area (Å²) in [6, 6.07) is 0.246. The quantitative estimate of drug-likeness (QED) is 0.797.